The van der Waals surface area contributed by atoms with E-state index < -0.39 is 0 Å². The molecule has 2 aromatic rings. The molecule has 2 amide bonds. The molecule has 0 spiro atoms. The highest BCUT2D eigenvalue weighted by Crippen LogP contribution is 2.27. The van der Waals surface area contributed by atoms with Crippen molar-refractivity contribution in [1.29, 1.82) is 0 Å². The first-order valence-electron chi connectivity index (χ1n) is 11.4. The van der Waals surface area contributed by atoms with Crippen LogP contribution in [0.15, 0.2) is 41.9 Å². The molecule has 1 aliphatic heterocycles. The third-order valence-electron chi connectivity index (χ3n) is 6.42. The Bertz CT molecular complexity index is 829. The van der Waals surface area contributed by atoms with Crippen LogP contribution in [0.25, 0.3) is 0 Å². The molecule has 2 heterocycles. The number of carbonyl (C=O) groups is 2. The molecule has 166 valence electrons. The molecule has 1 atom stereocenters. The minimum absolute atomic E-state index is 0.00830. The maximum absolute atomic E-state index is 12.8. The van der Waals surface area contributed by atoms with Crippen molar-refractivity contribution < 1.29 is 9.59 Å². The van der Waals surface area contributed by atoms with E-state index in [0.717, 1.165) is 23.7 Å². The maximum Gasteiger partial charge on any atom is 0.235 e. The zero-order valence-electron chi connectivity index (χ0n) is 18.0. The van der Waals surface area contributed by atoms with Gasteiger partial charge in [-0.3, -0.25) is 14.5 Å². The number of hydrogen-bond donors (Lipinski definition) is 1. The lowest BCUT2D eigenvalue weighted by molar-refractivity contribution is -0.134. The summed E-state index contributed by atoms with van der Waals surface area (Å²) in [6.07, 6.45) is 8.73. The predicted molar refractivity (Wildman–Crippen MR) is 123 cm³/mol. The summed E-state index contributed by atoms with van der Waals surface area (Å²) in [5.74, 6) is 0.862. The number of carbonyl (C=O) groups excluding carboxylic acids is 2. The van der Waals surface area contributed by atoms with Gasteiger partial charge in [0.05, 0.1) is 6.54 Å². The van der Waals surface area contributed by atoms with Gasteiger partial charge in [-0.15, -0.1) is 11.3 Å². The molecule has 1 N–H and O–H groups in total. The monoisotopic (exact) mass is 440 g/mol. The number of benzene rings is 1. The minimum atomic E-state index is -0.230. The summed E-state index contributed by atoms with van der Waals surface area (Å²) in [5.41, 5.74) is 1.03. The molecule has 31 heavy (non-hydrogen) atoms. The molecule has 2 aliphatic rings. The van der Waals surface area contributed by atoms with Gasteiger partial charge in [0.1, 0.15) is 11.0 Å². The SMILES string of the molecule is O=C(CN1CCN(C(=O)CC2CCCCC2)CC1)NC(c1ccccc1)c1nccs1. The van der Waals surface area contributed by atoms with E-state index in [1.54, 1.807) is 17.5 Å². The molecule has 1 aromatic carbocycles. The van der Waals surface area contributed by atoms with Gasteiger partial charge >= 0.3 is 0 Å². The van der Waals surface area contributed by atoms with Gasteiger partial charge in [0, 0.05) is 44.2 Å². The summed E-state index contributed by atoms with van der Waals surface area (Å²) in [6.45, 7) is 3.27. The highest BCUT2D eigenvalue weighted by atomic mass is 32.1. The number of thiazole rings is 1. The summed E-state index contributed by atoms with van der Waals surface area (Å²) < 4.78 is 0. The quantitative estimate of drug-likeness (QED) is 0.716. The molecule has 6 nitrogen and oxygen atoms in total. The van der Waals surface area contributed by atoms with E-state index >= 15 is 0 Å². The van der Waals surface area contributed by atoms with Crippen molar-refractivity contribution in [2.24, 2.45) is 5.92 Å². The minimum Gasteiger partial charge on any atom is -0.342 e. The highest BCUT2D eigenvalue weighted by Gasteiger charge is 2.26. The molecule has 1 saturated carbocycles. The van der Waals surface area contributed by atoms with Crippen LogP contribution in [0.2, 0.25) is 0 Å². The van der Waals surface area contributed by atoms with Crippen LogP contribution >= 0.6 is 11.3 Å². The first-order valence-corrected chi connectivity index (χ1v) is 12.3. The topological polar surface area (TPSA) is 65.5 Å². The van der Waals surface area contributed by atoms with Gasteiger partial charge in [-0.1, -0.05) is 49.6 Å². The molecule has 2 fully saturated rings. The van der Waals surface area contributed by atoms with Crippen LogP contribution in [0.1, 0.15) is 55.1 Å². The molecule has 1 aromatic heterocycles. The largest absolute Gasteiger partial charge is 0.342 e. The number of piperazine rings is 1. The normalized spacial score (nSPS) is 19.2. The van der Waals surface area contributed by atoms with Crippen LogP contribution in [-0.2, 0) is 9.59 Å². The van der Waals surface area contributed by atoms with Crippen molar-refractivity contribution in [3.05, 3.63) is 52.5 Å². The lowest BCUT2D eigenvalue weighted by Gasteiger charge is -2.35. The van der Waals surface area contributed by atoms with E-state index in [1.807, 2.05) is 40.6 Å². The Labute approximate surface area is 188 Å². The molecule has 1 unspecified atom stereocenters. The van der Waals surface area contributed by atoms with Gasteiger partial charge in [0.25, 0.3) is 0 Å². The maximum atomic E-state index is 12.8. The van der Waals surface area contributed by atoms with Crippen molar-refractivity contribution >= 4 is 23.2 Å². The van der Waals surface area contributed by atoms with Crippen molar-refractivity contribution in [1.82, 2.24) is 20.1 Å². The number of hydrogen-bond acceptors (Lipinski definition) is 5. The first kappa shape index (κ1) is 22.0. The van der Waals surface area contributed by atoms with E-state index in [4.69, 9.17) is 0 Å². The van der Waals surface area contributed by atoms with Crippen molar-refractivity contribution in [3.63, 3.8) is 0 Å². The zero-order chi connectivity index (χ0) is 21.5. The number of aromatic nitrogens is 1. The molecular weight excluding hydrogens is 408 g/mol. The molecule has 0 bridgehead atoms. The Kier molecular flexibility index (Phi) is 7.70. The van der Waals surface area contributed by atoms with Crippen molar-refractivity contribution in [3.8, 4) is 0 Å². The van der Waals surface area contributed by atoms with E-state index in [1.165, 1.54) is 32.1 Å². The average molecular weight is 441 g/mol. The molecule has 7 heteroatoms. The zero-order valence-corrected chi connectivity index (χ0v) is 18.9. The van der Waals surface area contributed by atoms with Crippen LogP contribution in [0.5, 0.6) is 0 Å². The number of rotatable bonds is 7. The Morgan fingerprint density at radius 3 is 2.48 bits per heavy atom. The summed E-state index contributed by atoms with van der Waals surface area (Å²) in [5, 5.41) is 5.98. The van der Waals surface area contributed by atoms with Crippen LogP contribution < -0.4 is 5.32 Å². The van der Waals surface area contributed by atoms with E-state index in [-0.39, 0.29) is 11.9 Å². The van der Waals surface area contributed by atoms with E-state index in [9.17, 15) is 9.59 Å². The lowest BCUT2D eigenvalue weighted by Crippen LogP contribution is -2.51. The third kappa shape index (κ3) is 6.14. The number of nitrogens with zero attached hydrogens (tertiary/aromatic N) is 3. The molecule has 0 radical (unpaired) electrons. The highest BCUT2D eigenvalue weighted by molar-refractivity contribution is 7.09. The first-order chi connectivity index (χ1) is 15.2. The summed E-state index contributed by atoms with van der Waals surface area (Å²) in [4.78, 5) is 34.0. The molecular formula is C24H32N4O2S. The van der Waals surface area contributed by atoms with E-state index in [2.05, 4.69) is 15.2 Å². The van der Waals surface area contributed by atoms with Gasteiger partial charge in [0.15, 0.2) is 0 Å². The van der Waals surface area contributed by atoms with Gasteiger partial charge in [-0.2, -0.15) is 0 Å². The molecule has 1 aliphatic carbocycles. The predicted octanol–water partition coefficient (Wildman–Crippen LogP) is 3.46. The second-order valence-electron chi connectivity index (χ2n) is 8.65. The summed E-state index contributed by atoms with van der Waals surface area (Å²) in [7, 11) is 0. The standard InChI is InChI=1S/C24H32N4O2S/c29-21(26-23(24-25-11-16-31-24)20-9-5-2-6-10-20)18-27-12-14-28(15-13-27)22(30)17-19-7-3-1-4-8-19/h2,5-6,9-11,16,19,23H,1,3-4,7-8,12-15,17-18H2,(H,26,29). The fourth-order valence-corrected chi connectivity index (χ4v) is 5.36. The molecule has 4 rings (SSSR count). The molecule has 1 saturated heterocycles. The number of amides is 2. The number of nitrogens with one attached hydrogen (secondary N) is 1. The van der Waals surface area contributed by atoms with Crippen LogP contribution in [0.3, 0.4) is 0 Å². The Balaban J connectivity index is 1.26. The fraction of sp³-hybridized carbons (Fsp3) is 0.542. The second kappa shape index (κ2) is 10.9. The average Bonchev–Trinajstić information content (AvgIpc) is 3.34. The van der Waals surface area contributed by atoms with Gasteiger partial charge in [-0.25, -0.2) is 4.98 Å². The second-order valence-corrected chi connectivity index (χ2v) is 9.57. The van der Waals surface area contributed by atoms with Crippen molar-refractivity contribution in [2.45, 2.75) is 44.6 Å². The lowest BCUT2D eigenvalue weighted by atomic mass is 9.86. The van der Waals surface area contributed by atoms with Crippen LogP contribution in [-0.4, -0.2) is 59.3 Å². The smallest absolute Gasteiger partial charge is 0.235 e. The summed E-state index contributed by atoms with van der Waals surface area (Å²) in [6, 6.07) is 9.73. The third-order valence-corrected chi connectivity index (χ3v) is 7.26. The van der Waals surface area contributed by atoms with Gasteiger partial charge in [0.2, 0.25) is 11.8 Å². The van der Waals surface area contributed by atoms with E-state index in [0.29, 0.717) is 37.9 Å². The summed E-state index contributed by atoms with van der Waals surface area (Å²) >= 11 is 1.55. The van der Waals surface area contributed by atoms with Gasteiger partial charge < -0.3 is 10.2 Å². The Morgan fingerprint density at radius 2 is 1.81 bits per heavy atom. The van der Waals surface area contributed by atoms with Crippen molar-refractivity contribution in [2.75, 3.05) is 32.7 Å². The van der Waals surface area contributed by atoms with Crippen LogP contribution in [0, 0.1) is 5.92 Å². The Hall–Kier alpha value is -2.25. The van der Waals surface area contributed by atoms with Gasteiger partial charge in [-0.05, 0) is 24.3 Å². The Morgan fingerprint density at radius 1 is 1.06 bits per heavy atom. The fourth-order valence-electron chi connectivity index (χ4n) is 4.64. The van der Waals surface area contributed by atoms with Crippen LogP contribution in [0.4, 0.5) is 0 Å².